The van der Waals surface area contributed by atoms with Crippen LogP contribution in [0.4, 0.5) is 10.5 Å². The molecule has 0 spiro atoms. The van der Waals surface area contributed by atoms with Crippen LogP contribution in [0, 0.1) is 6.92 Å². The molecule has 0 atom stereocenters. The Kier molecular flexibility index (Phi) is 4.77. The lowest BCUT2D eigenvalue weighted by Gasteiger charge is -2.20. The molecule has 1 heterocycles. The molecule has 1 amide bonds. The maximum atomic E-state index is 12.4. The van der Waals surface area contributed by atoms with Crippen LogP contribution in [-0.2, 0) is 14.9 Å². The predicted octanol–water partition coefficient (Wildman–Crippen LogP) is 5.17. The van der Waals surface area contributed by atoms with E-state index in [0.717, 1.165) is 35.1 Å². The van der Waals surface area contributed by atoms with E-state index in [1.807, 2.05) is 55.5 Å². The Balaban J connectivity index is 1.43. The predicted molar refractivity (Wildman–Crippen MR) is 119 cm³/mol. The van der Waals surface area contributed by atoms with Gasteiger partial charge in [-0.15, -0.1) is 0 Å². The minimum Gasteiger partial charge on any atom is -0.481 e. The summed E-state index contributed by atoms with van der Waals surface area (Å²) in [5, 5.41) is 13.6. The van der Waals surface area contributed by atoms with Gasteiger partial charge in [-0.3, -0.25) is 9.69 Å². The van der Waals surface area contributed by atoms with E-state index in [2.05, 4.69) is 5.16 Å². The maximum absolute atomic E-state index is 12.4. The molecular weight excluding hydrogens is 408 g/mol. The zero-order valence-corrected chi connectivity index (χ0v) is 18.0. The lowest BCUT2D eigenvalue weighted by Crippen LogP contribution is -2.33. The van der Waals surface area contributed by atoms with E-state index >= 15 is 0 Å². The highest BCUT2D eigenvalue weighted by atomic mass is 16.5. The number of carbonyl (C=O) groups is 2. The van der Waals surface area contributed by atoms with Crippen LogP contribution in [0.2, 0.25) is 0 Å². The summed E-state index contributed by atoms with van der Waals surface area (Å²) in [4.78, 5) is 25.6. The van der Waals surface area contributed by atoms with E-state index in [1.165, 1.54) is 7.11 Å². The molecule has 2 saturated carbocycles. The summed E-state index contributed by atoms with van der Waals surface area (Å²) in [5.74, 6) is -0.209. The molecule has 0 unspecified atom stereocenters. The number of carboxylic acids is 1. The first-order valence-corrected chi connectivity index (χ1v) is 10.7. The normalized spacial score (nSPS) is 16.4. The summed E-state index contributed by atoms with van der Waals surface area (Å²) in [5.41, 5.74) is 4.28. The zero-order valence-electron chi connectivity index (χ0n) is 18.0. The van der Waals surface area contributed by atoms with Crippen molar-refractivity contribution in [2.75, 3.05) is 12.0 Å². The first-order valence-electron chi connectivity index (χ1n) is 10.7. The van der Waals surface area contributed by atoms with Gasteiger partial charge in [0.25, 0.3) is 0 Å². The van der Waals surface area contributed by atoms with Crippen LogP contribution >= 0.6 is 0 Å². The number of hydrogen-bond donors (Lipinski definition) is 1. The summed E-state index contributed by atoms with van der Waals surface area (Å²) < 4.78 is 10.6. The minimum atomic E-state index is -0.750. The van der Waals surface area contributed by atoms with E-state index in [9.17, 15) is 14.7 Å². The molecule has 7 nitrogen and oxygen atoms in total. The molecule has 2 aromatic carbocycles. The summed E-state index contributed by atoms with van der Waals surface area (Å²) in [6.45, 7) is 1.82. The van der Waals surface area contributed by atoms with E-state index in [0.29, 0.717) is 30.0 Å². The molecule has 0 bridgehead atoms. The lowest BCUT2D eigenvalue weighted by atomic mass is 9.93. The van der Waals surface area contributed by atoms with Crippen molar-refractivity contribution in [2.24, 2.45) is 0 Å². The average Bonchev–Trinajstić information content (AvgIpc) is 3.73. The number of anilines is 1. The summed E-state index contributed by atoms with van der Waals surface area (Å²) in [6, 6.07) is 15.7. The van der Waals surface area contributed by atoms with Crippen molar-refractivity contribution in [2.45, 2.75) is 44.1 Å². The Labute approximate surface area is 185 Å². The molecule has 3 aromatic rings. The summed E-state index contributed by atoms with van der Waals surface area (Å²) in [6.07, 6.45) is 2.83. The van der Waals surface area contributed by atoms with Crippen LogP contribution in [0.3, 0.4) is 0 Å². The first kappa shape index (κ1) is 20.3. The molecular formula is C25H24N2O5. The largest absolute Gasteiger partial charge is 0.481 e. The van der Waals surface area contributed by atoms with Crippen molar-refractivity contribution < 1.29 is 24.0 Å². The Hall–Kier alpha value is -3.61. The molecule has 2 aliphatic rings. The van der Waals surface area contributed by atoms with Gasteiger partial charge in [-0.05, 0) is 49.3 Å². The second kappa shape index (κ2) is 7.51. The van der Waals surface area contributed by atoms with Crippen LogP contribution in [0.1, 0.15) is 36.9 Å². The number of amides is 1. The van der Waals surface area contributed by atoms with Gasteiger partial charge >= 0.3 is 12.1 Å². The van der Waals surface area contributed by atoms with Gasteiger partial charge in [0.1, 0.15) is 11.4 Å². The third kappa shape index (κ3) is 3.34. The van der Waals surface area contributed by atoms with E-state index in [-0.39, 0.29) is 6.04 Å². The highest BCUT2D eigenvalue weighted by Gasteiger charge is 2.51. The number of ether oxygens (including phenoxy) is 1. The van der Waals surface area contributed by atoms with E-state index < -0.39 is 17.5 Å². The Morgan fingerprint density at radius 3 is 2.09 bits per heavy atom. The number of aryl methyl sites for hydroxylation is 1. The van der Waals surface area contributed by atoms with Crippen LogP contribution in [0.15, 0.2) is 53.1 Å². The van der Waals surface area contributed by atoms with E-state index in [4.69, 9.17) is 9.26 Å². The second-order valence-electron chi connectivity index (χ2n) is 8.56. The Morgan fingerprint density at radius 1 is 1.03 bits per heavy atom. The molecule has 1 N–H and O–H groups in total. The second-order valence-corrected chi connectivity index (χ2v) is 8.56. The molecule has 2 fully saturated rings. The zero-order chi connectivity index (χ0) is 22.5. The van der Waals surface area contributed by atoms with Gasteiger partial charge in [0.05, 0.1) is 12.5 Å². The highest BCUT2D eigenvalue weighted by Crippen LogP contribution is 2.48. The van der Waals surface area contributed by atoms with Crippen molar-refractivity contribution in [1.29, 1.82) is 0 Å². The van der Waals surface area contributed by atoms with Gasteiger partial charge in [-0.25, -0.2) is 4.79 Å². The number of benzene rings is 2. The topological polar surface area (TPSA) is 92.9 Å². The van der Waals surface area contributed by atoms with Gasteiger partial charge < -0.3 is 14.4 Å². The van der Waals surface area contributed by atoms with E-state index in [1.54, 1.807) is 4.90 Å². The molecule has 2 aliphatic carbocycles. The fraction of sp³-hybridized carbons (Fsp3) is 0.320. The SMILES string of the molecule is COC(=O)N(c1c(C)noc1-c1ccc(-c2ccc(C3(C(=O)O)CC3)cc2)cc1)C1CC1. The number of carboxylic acid groups (broad SMARTS) is 1. The number of aromatic nitrogens is 1. The molecule has 0 radical (unpaired) electrons. The maximum Gasteiger partial charge on any atom is 0.414 e. The third-order valence-corrected chi connectivity index (χ3v) is 6.43. The standard InChI is InChI=1S/C25H24N2O5/c1-15-21(27(20-11-12-20)24(30)31-2)22(32-26-15)18-5-3-16(4-6-18)17-7-9-19(10-8-17)25(13-14-25)23(28)29/h3-10,20H,11-14H2,1-2H3,(H,28,29). The average molecular weight is 432 g/mol. The number of aliphatic carboxylic acids is 1. The molecule has 0 saturated heterocycles. The van der Waals surface area contributed by atoms with Gasteiger partial charge in [0.2, 0.25) is 0 Å². The molecule has 7 heteroatoms. The number of methoxy groups -OCH3 is 1. The highest BCUT2D eigenvalue weighted by molar-refractivity contribution is 5.94. The molecule has 0 aliphatic heterocycles. The van der Waals surface area contributed by atoms with Crippen molar-refractivity contribution in [3.63, 3.8) is 0 Å². The third-order valence-electron chi connectivity index (χ3n) is 6.43. The van der Waals surface area contributed by atoms with Crippen LogP contribution in [-0.4, -0.2) is 35.5 Å². The fourth-order valence-electron chi connectivity index (χ4n) is 4.24. The lowest BCUT2D eigenvalue weighted by molar-refractivity contribution is -0.140. The van der Waals surface area contributed by atoms with Crippen LogP contribution < -0.4 is 4.90 Å². The Morgan fingerprint density at radius 2 is 1.59 bits per heavy atom. The number of hydrogen-bond acceptors (Lipinski definition) is 5. The Bertz CT molecular complexity index is 1170. The number of nitrogens with zero attached hydrogens (tertiary/aromatic N) is 2. The van der Waals surface area contributed by atoms with Crippen molar-refractivity contribution in [1.82, 2.24) is 5.16 Å². The fourth-order valence-corrected chi connectivity index (χ4v) is 4.24. The molecule has 5 rings (SSSR count). The number of rotatable bonds is 6. The van der Waals surface area contributed by atoms with Crippen LogP contribution in [0.5, 0.6) is 0 Å². The molecule has 1 aromatic heterocycles. The molecule has 164 valence electrons. The van der Waals surface area contributed by atoms with Crippen molar-refractivity contribution >= 4 is 17.7 Å². The molecule has 32 heavy (non-hydrogen) atoms. The van der Waals surface area contributed by atoms with Gasteiger partial charge in [-0.1, -0.05) is 53.7 Å². The summed E-state index contributed by atoms with van der Waals surface area (Å²) in [7, 11) is 1.38. The minimum absolute atomic E-state index is 0.109. The summed E-state index contributed by atoms with van der Waals surface area (Å²) >= 11 is 0. The van der Waals surface area contributed by atoms with Crippen molar-refractivity contribution in [3.8, 4) is 22.5 Å². The first-order chi connectivity index (χ1) is 15.4. The number of carbonyl (C=O) groups excluding carboxylic acids is 1. The van der Waals surface area contributed by atoms with Crippen molar-refractivity contribution in [3.05, 3.63) is 59.8 Å². The smallest absolute Gasteiger partial charge is 0.414 e. The monoisotopic (exact) mass is 432 g/mol. The van der Waals surface area contributed by atoms with Crippen LogP contribution in [0.25, 0.3) is 22.5 Å². The van der Waals surface area contributed by atoms with Gasteiger partial charge in [0, 0.05) is 11.6 Å². The quantitative estimate of drug-likeness (QED) is 0.578. The van der Waals surface area contributed by atoms with Gasteiger partial charge in [-0.2, -0.15) is 0 Å². The van der Waals surface area contributed by atoms with Gasteiger partial charge in [0.15, 0.2) is 5.76 Å².